The van der Waals surface area contributed by atoms with Crippen molar-refractivity contribution in [2.75, 3.05) is 7.11 Å². The molecule has 0 radical (unpaired) electrons. The lowest BCUT2D eigenvalue weighted by atomic mass is 10.1. The normalized spacial score (nSPS) is 11.9. The maximum atomic E-state index is 11.2. The first-order valence-corrected chi connectivity index (χ1v) is 6.37. The molecule has 0 unspecified atom stereocenters. The summed E-state index contributed by atoms with van der Waals surface area (Å²) in [7, 11) is 2.57. The number of halogens is 1. The quantitative estimate of drug-likeness (QED) is 0.467. The molecular weight excluding hydrogens is 252 g/mol. The van der Waals surface area contributed by atoms with Gasteiger partial charge in [-0.2, -0.15) is 5.26 Å². The van der Waals surface area contributed by atoms with E-state index in [0.717, 1.165) is 0 Å². The molecule has 0 amide bonds. The highest BCUT2D eigenvalue weighted by atomic mass is 35.7. The fourth-order valence-corrected chi connectivity index (χ4v) is 2.17. The van der Waals surface area contributed by atoms with Gasteiger partial charge in [0.05, 0.1) is 4.90 Å². The third kappa shape index (κ3) is 2.72. The molecule has 0 heterocycles. The first-order chi connectivity index (χ1) is 7.50. The third-order valence-corrected chi connectivity index (χ3v) is 3.07. The number of hydrogen-bond acceptors (Lipinski definition) is 5. The summed E-state index contributed by atoms with van der Waals surface area (Å²) in [5.74, 6) is 0. The molecule has 1 aromatic rings. The molecule has 0 aromatic heterocycles. The third-order valence-electron chi connectivity index (χ3n) is 1.69. The van der Waals surface area contributed by atoms with Crippen molar-refractivity contribution in [3.63, 3.8) is 0 Å². The van der Waals surface area contributed by atoms with E-state index in [9.17, 15) is 8.42 Å². The van der Waals surface area contributed by atoms with E-state index in [0.29, 0.717) is 0 Å². The molecule has 0 atom stereocenters. The Kier molecular flexibility index (Phi) is 3.88. The Hall–Kier alpha value is -1.58. The first kappa shape index (κ1) is 12.5. The summed E-state index contributed by atoms with van der Waals surface area (Å²) in [5.41, 5.74) is -0.0378. The predicted octanol–water partition coefficient (Wildman–Crippen LogP) is 1.49. The van der Waals surface area contributed by atoms with Crippen molar-refractivity contribution in [3.05, 3.63) is 29.8 Å². The molecule has 5 nitrogen and oxygen atoms in total. The van der Waals surface area contributed by atoms with Crippen molar-refractivity contribution in [2.24, 2.45) is 5.16 Å². The zero-order valence-corrected chi connectivity index (χ0v) is 9.79. The molecule has 1 aromatic carbocycles. The van der Waals surface area contributed by atoms with E-state index in [4.69, 9.17) is 15.9 Å². The predicted molar refractivity (Wildman–Crippen MR) is 58.6 cm³/mol. The zero-order chi connectivity index (χ0) is 12.2. The van der Waals surface area contributed by atoms with Crippen LogP contribution in [0.5, 0.6) is 0 Å². The van der Waals surface area contributed by atoms with Crippen molar-refractivity contribution in [2.45, 2.75) is 4.90 Å². The van der Waals surface area contributed by atoms with Gasteiger partial charge in [0, 0.05) is 16.2 Å². The van der Waals surface area contributed by atoms with Gasteiger partial charge in [0.2, 0.25) is 0 Å². The Morgan fingerprint density at radius 2 is 2.12 bits per heavy atom. The summed E-state index contributed by atoms with van der Waals surface area (Å²) in [6.45, 7) is 0. The average molecular weight is 259 g/mol. The highest BCUT2D eigenvalue weighted by Gasteiger charge is 2.18. The Morgan fingerprint density at radius 1 is 1.50 bits per heavy atom. The van der Waals surface area contributed by atoms with Gasteiger partial charge in [-0.1, -0.05) is 23.4 Å². The smallest absolute Gasteiger partial charge is 0.262 e. The van der Waals surface area contributed by atoms with E-state index in [1.807, 2.05) is 0 Å². The Balaban J connectivity index is 3.47. The lowest BCUT2D eigenvalue weighted by molar-refractivity contribution is 0.214. The Morgan fingerprint density at radius 3 is 2.62 bits per heavy atom. The van der Waals surface area contributed by atoms with Gasteiger partial charge in [0.25, 0.3) is 9.05 Å². The Bertz CT molecular complexity index is 560. The van der Waals surface area contributed by atoms with Crippen molar-refractivity contribution in [1.29, 1.82) is 5.26 Å². The van der Waals surface area contributed by atoms with Crippen molar-refractivity contribution in [1.82, 2.24) is 0 Å². The van der Waals surface area contributed by atoms with Crippen molar-refractivity contribution in [3.8, 4) is 6.07 Å². The molecule has 0 spiro atoms. The maximum Gasteiger partial charge on any atom is 0.262 e. The van der Waals surface area contributed by atoms with Crippen LogP contribution < -0.4 is 0 Å². The van der Waals surface area contributed by atoms with Crippen molar-refractivity contribution < 1.29 is 13.3 Å². The van der Waals surface area contributed by atoms with Crippen LogP contribution >= 0.6 is 10.7 Å². The molecule has 1 rings (SSSR count). The van der Waals surface area contributed by atoms with Crippen LogP contribution in [0.25, 0.3) is 0 Å². The number of benzene rings is 1. The molecule has 0 aliphatic rings. The molecule has 0 saturated carbocycles. The molecule has 0 fully saturated rings. The topological polar surface area (TPSA) is 79.5 Å². The monoisotopic (exact) mass is 258 g/mol. The van der Waals surface area contributed by atoms with Gasteiger partial charge in [0.1, 0.15) is 13.2 Å². The second-order valence-electron chi connectivity index (χ2n) is 2.67. The highest BCUT2D eigenvalue weighted by Crippen LogP contribution is 2.20. The van der Waals surface area contributed by atoms with Crippen LogP contribution in [0.15, 0.2) is 34.3 Å². The number of hydrogen-bond donors (Lipinski definition) is 0. The number of rotatable bonds is 3. The summed E-state index contributed by atoms with van der Waals surface area (Å²) >= 11 is 0. The zero-order valence-electron chi connectivity index (χ0n) is 8.21. The second-order valence-corrected chi connectivity index (χ2v) is 5.20. The van der Waals surface area contributed by atoms with Crippen LogP contribution in [0.4, 0.5) is 0 Å². The summed E-state index contributed by atoms with van der Waals surface area (Å²) in [6, 6.07) is 7.53. The Labute approximate surface area is 97.3 Å². The minimum Gasteiger partial charge on any atom is -0.398 e. The van der Waals surface area contributed by atoms with Crippen LogP contribution in [0.2, 0.25) is 0 Å². The fraction of sp³-hybridized carbons (Fsp3) is 0.111. The van der Waals surface area contributed by atoms with E-state index in [1.54, 1.807) is 12.1 Å². The number of nitrogens with zero attached hydrogens (tertiary/aromatic N) is 2. The van der Waals surface area contributed by atoms with Gasteiger partial charge < -0.3 is 4.84 Å². The van der Waals surface area contributed by atoms with Crippen LogP contribution in [0.1, 0.15) is 5.56 Å². The van der Waals surface area contributed by atoms with Gasteiger partial charge in [-0.15, -0.1) is 0 Å². The molecule has 0 N–H and O–H groups in total. The lowest BCUT2D eigenvalue weighted by Gasteiger charge is -2.03. The molecule has 0 bridgehead atoms. The van der Waals surface area contributed by atoms with E-state index < -0.39 is 9.05 Å². The van der Waals surface area contributed by atoms with Gasteiger partial charge in [-0.25, -0.2) is 8.42 Å². The maximum absolute atomic E-state index is 11.2. The fourth-order valence-electron chi connectivity index (χ4n) is 1.10. The molecule has 0 aliphatic heterocycles. The van der Waals surface area contributed by atoms with Gasteiger partial charge in [0.15, 0.2) is 5.71 Å². The number of nitriles is 1. The summed E-state index contributed by atoms with van der Waals surface area (Å²) in [4.78, 5) is 4.27. The second kappa shape index (κ2) is 4.96. The van der Waals surface area contributed by atoms with E-state index in [1.165, 1.54) is 25.3 Å². The summed E-state index contributed by atoms with van der Waals surface area (Å²) < 4.78 is 22.5. The largest absolute Gasteiger partial charge is 0.398 e. The molecule has 0 saturated heterocycles. The van der Waals surface area contributed by atoms with Crippen LogP contribution in [-0.2, 0) is 13.9 Å². The van der Waals surface area contributed by atoms with E-state index in [2.05, 4.69) is 9.99 Å². The minimum atomic E-state index is -3.92. The van der Waals surface area contributed by atoms with Crippen LogP contribution in [0, 0.1) is 11.3 Å². The molecule has 16 heavy (non-hydrogen) atoms. The van der Waals surface area contributed by atoms with E-state index >= 15 is 0 Å². The first-order valence-electron chi connectivity index (χ1n) is 4.06. The van der Waals surface area contributed by atoms with Crippen molar-refractivity contribution >= 4 is 25.4 Å². The van der Waals surface area contributed by atoms with Crippen LogP contribution in [0.3, 0.4) is 0 Å². The standard InChI is InChI=1S/C9H7ClN2O3S/c1-15-12-8(6-11)7-4-2-3-5-9(7)16(10,13)14/h2-5H,1H3. The van der Waals surface area contributed by atoms with E-state index in [-0.39, 0.29) is 16.2 Å². The summed E-state index contributed by atoms with van der Waals surface area (Å²) in [6.07, 6.45) is 0. The lowest BCUT2D eigenvalue weighted by Crippen LogP contribution is -2.05. The SMILES string of the molecule is CON=C(C#N)c1ccccc1S(=O)(=O)Cl. The molecule has 84 valence electrons. The van der Waals surface area contributed by atoms with Gasteiger partial charge >= 0.3 is 0 Å². The van der Waals surface area contributed by atoms with Gasteiger partial charge in [-0.05, 0) is 6.07 Å². The highest BCUT2D eigenvalue weighted by molar-refractivity contribution is 8.13. The molecule has 0 aliphatic carbocycles. The summed E-state index contributed by atoms with van der Waals surface area (Å²) in [5, 5.41) is 12.2. The number of oxime groups is 1. The average Bonchev–Trinajstić information content (AvgIpc) is 2.25. The minimum absolute atomic E-state index is 0.113. The molecule has 7 heteroatoms. The van der Waals surface area contributed by atoms with Gasteiger partial charge in [-0.3, -0.25) is 0 Å². The molecular formula is C9H7ClN2O3S. The van der Waals surface area contributed by atoms with Crippen LogP contribution in [-0.4, -0.2) is 21.2 Å².